The highest BCUT2D eigenvalue weighted by atomic mass is 16.4. The number of aliphatic hydroxyl groups excluding tert-OH is 1. The van der Waals surface area contributed by atoms with Crippen LogP contribution in [0.1, 0.15) is 46.0 Å². The van der Waals surface area contributed by atoms with E-state index in [1.165, 1.54) is 0 Å². The number of carbonyl (C=O) groups is 2. The molecule has 0 aliphatic carbocycles. The number of carboxylic acid groups (broad SMARTS) is 1. The number of aliphatic hydroxyl groups is 1. The molecule has 20 heavy (non-hydrogen) atoms. The second kappa shape index (κ2) is 8.09. The second-order valence-corrected chi connectivity index (χ2v) is 5.83. The molecule has 1 unspecified atom stereocenters. The number of carboxylic acids is 1. The van der Waals surface area contributed by atoms with Crippen molar-refractivity contribution in [1.82, 2.24) is 10.2 Å². The Morgan fingerprint density at radius 1 is 1.40 bits per heavy atom. The van der Waals surface area contributed by atoms with Crippen LogP contribution in [0.3, 0.4) is 0 Å². The maximum absolute atomic E-state index is 12.2. The molecule has 1 fully saturated rings. The fourth-order valence-corrected chi connectivity index (χ4v) is 2.65. The lowest BCUT2D eigenvalue weighted by atomic mass is 10.0. The molecule has 3 N–H and O–H groups in total. The normalized spacial score (nSPS) is 20.2. The van der Waals surface area contributed by atoms with Gasteiger partial charge in [-0.15, -0.1) is 0 Å². The zero-order chi connectivity index (χ0) is 15.1. The summed E-state index contributed by atoms with van der Waals surface area (Å²) in [6.45, 7) is 4.65. The van der Waals surface area contributed by atoms with Gasteiger partial charge in [0, 0.05) is 19.2 Å². The van der Waals surface area contributed by atoms with Gasteiger partial charge in [-0.05, 0) is 38.0 Å². The van der Waals surface area contributed by atoms with Crippen LogP contribution in [0.4, 0.5) is 4.79 Å². The topological polar surface area (TPSA) is 89.9 Å². The van der Waals surface area contributed by atoms with E-state index in [0.29, 0.717) is 19.4 Å². The van der Waals surface area contributed by atoms with Gasteiger partial charge in [-0.25, -0.2) is 9.59 Å². The molecule has 1 heterocycles. The van der Waals surface area contributed by atoms with Crippen LogP contribution < -0.4 is 5.32 Å². The molecule has 6 heteroatoms. The number of nitrogens with zero attached hydrogens (tertiary/aromatic N) is 1. The molecule has 0 bridgehead atoms. The largest absolute Gasteiger partial charge is 0.480 e. The Bertz CT molecular complexity index is 333. The lowest BCUT2D eigenvalue weighted by Crippen LogP contribution is -2.49. The number of urea groups is 1. The first-order valence-electron chi connectivity index (χ1n) is 7.36. The summed E-state index contributed by atoms with van der Waals surface area (Å²) in [4.78, 5) is 25.1. The number of nitrogens with one attached hydrogen (secondary N) is 1. The maximum Gasteiger partial charge on any atom is 0.326 e. The molecular formula is C14H26N2O4. The third-order valence-electron chi connectivity index (χ3n) is 3.64. The van der Waals surface area contributed by atoms with E-state index >= 15 is 0 Å². The Morgan fingerprint density at radius 2 is 2.10 bits per heavy atom. The van der Waals surface area contributed by atoms with Gasteiger partial charge in [0.15, 0.2) is 0 Å². The Balaban J connectivity index is 2.56. The zero-order valence-corrected chi connectivity index (χ0v) is 12.3. The van der Waals surface area contributed by atoms with E-state index < -0.39 is 12.0 Å². The van der Waals surface area contributed by atoms with E-state index in [-0.39, 0.29) is 24.6 Å². The number of hydrogen-bond acceptors (Lipinski definition) is 3. The molecule has 6 nitrogen and oxygen atoms in total. The van der Waals surface area contributed by atoms with Crippen molar-refractivity contribution in [1.29, 1.82) is 0 Å². The summed E-state index contributed by atoms with van der Waals surface area (Å²) >= 11 is 0. The quantitative estimate of drug-likeness (QED) is 0.660. The molecule has 1 aliphatic rings. The van der Waals surface area contributed by atoms with Crippen molar-refractivity contribution in [3.63, 3.8) is 0 Å². The van der Waals surface area contributed by atoms with Crippen molar-refractivity contribution < 1.29 is 19.8 Å². The second-order valence-electron chi connectivity index (χ2n) is 5.83. The minimum absolute atomic E-state index is 0.121. The first-order chi connectivity index (χ1) is 9.45. The third kappa shape index (κ3) is 5.00. The summed E-state index contributed by atoms with van der Waals surface area (Å²) in [5.41, 5.74) is 0. The average molecular weight is 286 g/mol. The molecule has 0 spiro atoms. The molecule has 2 atom stereocenters. The predicted molar refractivity (Wildman–Crippen MR) is 75.5 cm³/mol. The highest BCUT2D eigenvalue weighted by molar-refractivity contribution is 5.82. The number of carbonyl (C=O) groups excluding carboxylic acids is 1. The Morgan fingerprint density at radius 3 is 2.65 bits per heavy atom. The number of amides is 2. The van der Waals surface area contributed by atoms with Crippen molar-refractivity contribution in [2.45, 2.75) is 58.0 Å². The summed E-state index contributed by atoms with van der Waals surface area (Å²) in [6.07, 6.45) is 3.73. The smallest absolute Gasteiger partial charge is 0.326 e. The van der Waals surface area contributed by atoms with Gasteiger partial charge < -0.3 is 20.4 Å². The van der Waals surface area contributed by atoms with E-state index in [4.69, 9.17) is 10.2 Å². The van der Waals surface area contributed by atoms with Crippen LogP contribution in [0.25, 0.3) is 0 Å². The van der Waals surface area contributed by atoms with Gasteiger partial charge in [-0.1, -0.05) is 13.8 Å². The van der Waals surface area contributed by atoms with Crippen LogP contribution in [0.15, 0.2) is 0 Å². The summed E-state index contributed by atoms with van der Waals surface area (Å²) in [5, 5.41) is 20.6. The molecule has 0 aromatic carbocycles. The van der Waals surface area contributed by atoms with Crippen LogP contribution in [-0.2, 0) is 4.79 Å². The Labute approximate surface area is 120 Å². The van der Waals surface area contributed by atoms with Crippen molar-refractivity contribution in [2.24, 2.45) is 5.92 Å². The lowest BCUT2D eigenvalue weighted by Gasteiger charge is -2.27. The molecule has 1 rings (SSSR count). The highest BCUT2D eigenvalue weighted by Gasteiger charge is 2.31. The Kier molecular flexibility index (Phi) is 6.78. The van der Waals surface area contributed by atoms with Gasteiger partial charge in [0.05, 0.1) is 0 Å². The van der Waals surface area contributed by atoms with E-state index in [2.05, 4.69) is 5.32 Å². The molecule has 0 aromatic rings. The van der Waals surface area contributed by atoms with Crippen LogP contribution in [0, 0.1) is 5.92 Å². The number of likely N-dealkylation sites (tertiary alicyclic amines) is 1. The van der Waals surface area contributed by atoms with Crippen LogP contribution >= 0.6 is 0 Å². The van der Waals surface area contributed by atoms with Crippen LogP contribution in [0.5, 0.6) is 0 Å². The first kappa shape index (κ1) is 16.8. The summed E-state index contributed by atoms with van der Waals surface area (Å²) in [7, 11) is 0. The molecule has 1 saturated heterocycles. The molecule has 0 aromatic heterocycles. The first-order valence-corrected chi connectivity index (χ1v) is 7.36. The molecule has 1 aliphatic heterocycles. The monoisotopic (exact) mass is 286 g/mol. The molecule has 0 radical (unpaired) electrons. The molecule has 0 saturated carbocycles. The SMILES string of the molecule is CC(C)C[C@H](NC(=O)N1CCCC1CCCO)C(=O)O. The predicted octanol–water partition coefficient (Wildman–Crippen LogP) is 1.43. The summed E-state index contributed by atoms with van der Waals surface area (Å²) < 4.78 is 0. The zero-order valence-electron chi connectivity index (χ0n) is 12.3. The Hall–Kier alpha value is -1.30. The van der Waals surface area contributed by atoms with Gasteiger partial charge >= 0.3 is 12.0 Å². The van der Waals surface area contributed by atoms with E-state index in [1.807, 2.05) is 13.8 Å². The van der Waals surface area contributed by atoms with Gasteiger partial charge in [0.25, 0.3) is 0 Å². The van der Waals surface area contributed by atoms with E-state index in [1.54, 1.807) is 4.90 Å². The highest BCUT2D eigenvalue weighted by Crippen LogP contribution is 2.21. The lowest BCUT2D eigenvalue weighted by molar-refractivity contribution is -0.139. The van der Waals surface area contributed by atoms with Crippen molar-refractivity contribution in [3.8, 4) is 0 Å². The van der Waals surface area contributed by atoms with E-state index in [9.17, 15) is 9.59 Å². The van der Waals surface area contributed by atoms with Crippen LogP contribution in [0.2, 0.25) is 0 Å². The molecule has 2 amide bonds. The van der Waals surface area contributed by atoms with Crippen molar-refractivity contribution in [2.75, 3.05) is 13.2 Å². The molecular weight excluding hydrogens is 260 g/mol. The number of aliphatic carboxylic acids is 1. The summed E-state index contributed by atoms with van der Waals surface area (Å²) in [6, 6.07) is -1.00. The van der Waals surface area contributed by atoms with Gasteiger partial charge in [0.2, 0.25) is 0 Å². The average Bonchev–Trinajstić information content (AvgIpc) is 2.83. The molecule has 116 valence electrons. The standard InChI is InChI=1S/C14H26N2O4/c1-10(2)9-12(13(18)19)15-14(20)16-7-3-5-11(16)6-4-8-17/h10-12,17H,3-9H2,1-2H3,(H,15,20)(H,18,19)/t11?,12-/m0/s1. The van der Waals surface area contributed by atoms with E-state index in [0.717, 1.165) is 19.3 Å². The van der Waals surface area contributed by atoms with Gasteiger partial charge in [-0.3, -0.25) is 0 Å². The van der Waals surface area contributed by atoms with Crippen molar-refractivity contribution in [3.05, 3.63) is 0 Å². The number of hydrogen-bond donors (Lipinski definition) is 3. The minimum Gasteiger partial charge on any atom is -0.480 e. The maximum atomic E-state index is 12.2. The fraction of sp³-hybridized carbons (Fsp3) is 0.857. The third-order valence-corrected chi connectivity index (χ3v) is 3.64. The minimum atomic E-state index is -0.988. The van der Waals surface area contributed by atoms with Gasteiger partial charge in [0.1, 0.15) is 6.04 Å². The number of rotatable bonds is 7. The van der Waals surface area contributed by atoms with Crippen LogP contribution in [-0.4, -0.2) is 52.3 Å². The fourth-order valence-electron chi connectivity index (χ4n) is 2.65. The summed E-state index contributed by atoms with van der Waals surface area (Å²) in [5.74, 6) is -0.779. The van der Waals surface area contributed by atoms with Crippen molar-refractivity contribution >= 4 is 12.0 Å². The van der Waals surface area contributed by atoms with Gasteiger partial charge in [-0.2, -0.15) is 0 Å².